The van der Waals surface area contributed by atoms with Crippen LogP contribution in [0, 0.1) is 0 Å². The Morgan fingerprint density at radius 2 is 1.44 bits per heavy atom. The maximum atomic E-state index is 12.1. The van der Waals surface area contributed by atoms with Gasteiger partial charge in [-0.2, -0.15) is 0 Å². The molecule has 0 spiro atoms. The zero-order valence-corrected chi connectivity index (χ0v) is 9.85. The first kappa shape index (κ1) is 12.3. The summed E-state index contributed by atoms with van der Waals surface area (Å²) in [5.41, 5.74) is 0.0193. The number of benzene rings is 2. The fraction of sp³-hybridized carbons (Fsp3) is 0. The molecule has 0 aliphatic rings. The molecule has 92 valence electrons. The van der Waals surface area contributed by atoms with E-state index < -0.39 is 17.3 Å². The number of rotatable bonds is 2. The second-order valence-electron chi connectivity index (χ2n) is 3.70. The van der Waals surface area contributed by atoms with E-state index in [0.717, 1.165) is 12.1 Å². The smallest absolute Gasteiger partial charge is 0.200 e. The van der Waals surface area contributed by atoms with Crippen molar-refractivity contribution in [2.75, 3.05) is 0 Å². The lowest BCUT2D eigenvalue weighted by Gasteiger charge is -2.07. The SMILES string of the molecule is O=C(c1ccc(Cl)cc1)c1c(O)cc(O)cc1O. The van der Waals surface area contributed by atoms with Crippen molar-refractivity contribution in [2.24, 2.45) is 0 Å². The minimum Gasteiger partial charge on any atom is -0.508 e. The molecule has 4 nitrogen and oxygen atoms in total. The van der Waals surface area contributed by atoms with Crippen molar-refractivity contribution in [3.8, 4) is 17.2 Å². The van der Waals surface area contributed by atoms with Crippen molar-refractivity contribution in [2.45, 2.75) is 0 Å². The van der Waals surface area contributed by atoms with Crippen LogP contribution in [0.5, 0.6) is 17.2 Å². The second kappa shape index (κ2) is 4.58. The fourth-order valence-corrected chi connectivity index (χ4v) is 1.70. The summed E-state index contributed by atoms with van der Waals surface area (Å²) < 4.78 is 0. The number of phenols is 3. The Bertz CT molecular complexity index is 582. The van der Waals surface area contributed by atoms with E-state index in [1.165, 1.54) is 24.3 Å². The average molecular weight is 265 g/mol. The molecule has 0 saturated carbocycles. The maximum Gasteiger partial charge on any atom is 0.200 e. The largest absolute Gasteiger partial charge is 0.508 e. The zero-order valence-electron chi connectivity index (χ0n) is 9.09. The number of aromatic hydroxyl groups is 3. The summed E-state index contributed by atoms with van der Waals surface area (Å²) in [5.74, 6) is -1.83. The molecule has 0 bridgehead atoms. The quantitative estimate of drug-likeness (QED) is 0.729. The molecule has 2 rings (SSSR count). The Labute approximate surface area is 108 Å². The Balaban J connectivity index is 2.49. The van der Waals surface area contributed by atoms with Crippen molar-refractivity contribution in [3.63, 3.8) is 0 Å². The van der Waals surface area contributed by atoms with Gasteiger partial charge in [0.1, 0.15) is 22.8 Å². The number of carbonyl (C=O) groups excluding carboxylic acids is 1. The van der Waals surface area contributed by atoms with Crippen molar-refractivity contribution < 1.29 is 20.1 Å². The minimum absolute atomic E-state index is 0.255. The van der Waals surface area contributed by atoms with Gasteiger partial charge in [-0.3, -0.25) is 4.79 Å². The summed E-state index contributed by atoms with van der Waals surface area (Å²) >= 11 is 5.70. The molecular weight excluding hydrogens is 256 g/mol. The Kier molecular flexibility index (Phi) is 3.12. The van der Waals surface area contributed by atoms with Crippen LogP contribution in [0.15, 0.2) is 36.4 Å². The summed E-state index contributed by atoms with van der Waals surface area (Å²) in [4.78, 5) is 12.1. The molecule has 0 aliphatic heterocycles. The zero-order chi connectivity index (χ0) is 13.3. The van der Waals surface area contributed by atoms with Gasteiger partial charge in [-0.05, 0) is 24.3 Å². The molecule has 0 fully saturated rings. The molecule has 5 heteroatoms. The highest BCUT2D eigenvalue weighted by molar-refractivity contribution is 6.30. The third-order valence-electron chi connectivity index (χ3n) is 2.41. The minimum atomic E-state index is -0.554. The van der Waals surface area contributed by atoms with Crippen LogP contribution in [0.25, 0.3) is 0 Å². The number of phenolic OH excluding ortho intramolecular Hbond substituents is 3. The van der Waals surface area contributed by atoms with E-state index in [9.17, 15) is 15.0 Å². The third-order valence-corrected chi connectivity index (χ3v) is 2.67. The summed E-state index contributed by atoms with van der Waals surface area (Å²) in [5, 5.41) is 28.8. The highest BCUT2D eigenvalue weighted by Crippen LogP contribution is 2.33. The molecule has 0 saturated heterocycles. The van der Waals surface area contributed by atoms with Gasteiger partial charge in [-0.1, -0.05) is 11.6 Å². The Morgan fingerprint density at radius 1 is 0.944 bits per heavy atom. The molecule has 0 amide bonds. The van der Waals surface area contributed by atoms with Gasteiger partial charge in [0.2, 0.25) is 5.78 Å². The van der Waals surface area contributed by atoms with Gasteiger partial charge >= 0.3 is 0 Å². The van der Waals surface area contributed by atoms with E-state index in [1.807, 2.05) is 0 Å². The highest BCUT2D eigenvalue weighted by atomic mass is 35.5. The summed E-state index contributed by atoms with van der Waals surface area (Å²) in [6.07, 6.45) is 0. The average Bonchev–Trinajstić information content (AvgIpc) is 2.28. The van der Waals surface area contributed by atoms with Crippen LogP contribution in [0.3, 0.4) is 0 Å². The van der Waals surface area contributed by atoms with Crippen molar-refractivity contribution in [1.29, 1.82) is 0 Å². The lowest BCUT2D eigenvalue weighted by molar-refractivity contribution is 0.103. The summed E-state index contributed by atoms with van der Waals surface area (Å²) in [6, 6.07) is 8.01. The number of hydrogen-bond donors (Lipinski definition) is 3. The van der Waals surface area contributed by atoms with Crippen LogP contribution < -0.4 is 0 Å². The topological polar surface area (TPSA) is 77.8 Å². The van der Waals surface area contributed by atoms with E-state index in [2.05, 4.69) is 0 Å². The molecule has 0 aromatic heterocycles. The number of carbonyl (C=O) groups is 1. The molecule has 0 atom stereocenters. The molecule has 0 radical (unpaired) electrons. The van der Waals surface area contributed by atoms with Crippen LogP contribution in [-0.4, -0.2) is 21.1 Å². The van der Waals surface area contributed by atoms with Crippen LogP contribution >= 0.6 is 11.6 Å². The van der Waals surface area contributed by atoms with Gasteiger partial charge in [0.25, 0.3) is 0 Å². The molecular formula is C13H9ClO4. The lowest BCUT2D eigenvalue weighted by Crippen LogP contribution is -2.02. The van der Waals surface area contributed by atoms with Gasteiger partial charge in [0.05, 0.1) is 0 Å². The second-order valence-corrected chi connectivity index (χ2v) is 4.13. The Hall–Kier alpha value is -2.20. The van der Waals surface area contributed by atoms with Gasteiger partial charge < -0.3 is 15.3 Å². The highest BCUT2D eigenvalue weighted by Gasteiger charge is 2.19. The molecule has 0 aliphatic carbocycles. The van der Waals surface area contributed by atoms with E-state index >= 15 is 0 Å². The molecule has 18 heavy (non-hydrogen) atoms. The number of ketones is 1. The third kappa shape index (κ3) is 2.24. The first-order valence-corrected chi connectivity index (χ1v) is 5.42. The first-order valence-electron chi connectivity index (χ1n) is 5.04. The van der Waals surface area contributed by atoms with E-state index in [0.29, 0.717) is 5.02 Å². The van der Waals surface area contributed by atoms with Crippen LogP contribution in [0.4, 0.5) is 0 Å². The number of halogens is 1. The predicted octanol–water partition coefficient (Wildman–Crippen LogP) is 2.69. The Morgan fingerprint density at radius 3 is 1.94 bits per heavy atom. The molecule has 3 N–H and O–H groups in total. The van der Waals surface area contributed by atoms with Crippen LogP contribution in [-0.2, 0) is 0 Å². The first-order chi connectivity index (χ1) is 8.49. The summed E-state index contributed by atoms with van der Waals surface area (Å²) in [7, 11) is 0. The fourth-order valence-electron chi connectivity index (χ4n) is 1.58. The lowest BCUT2D eigenvalue weighted by atomic mass is 10.0. The normalized spacial score (nSPS) is 10.3. The van der Waals surface area contributed by atoms with Crippen molar-refractivity contribution in [3.05, 3.63) is 52.5 Å². The van der Waals surface area contributed by atoms with Crippen LogP contribution in [0.2, 0.25) is 5.02 Å². The van der Waals surface area contributed by atoms with Crippen LogP contribution in [0.1, 0.15) is 15.9 Å². The predicted molar refractivity (Wildman–Crippen MR) is 66.3 cm³/mol. The van der Waals surface area contributed by atoms with Gasteiger partial charge in [0.15, 0.2) is 0 Å². The molecule has 0 unspecified atom stereocenters. The molecule has 2 aromatic rings. The molecule has 0 heterocycles. The van der Waals surface area contributed by atoms with E-state index in [1.54, 1.807) is 0 Å². The monoisotopic (exact) mass is 264 g/mol. The van der Waals surface area contributed by atoms with Gasteiger partial charge in [0, 0.05) is 22.7 Å². The molecule has 2 aromatic carbocycles. The van der Waals surface area contributed by atoms with Crippen molar-refractivity contribution in [1.82, 2.24) is 0 Å². The van der Waals surface area contributed by atoms with E-state index in [-0.39, 0.29) is 16.9 Å². The van der Waals surface area contributed by atoms with E-state index in [4.69, 9.17) is 16.7 Å². The van der Waals surface area contributed by atoms with Crippen molar-refractivity contribution >= 4 is 17.4 Å². The summed E-state index contributed by atoms with van der Waals surface area (Å²) in [6.45, 7) is 0. The standard InChI is InChI=1S/C13H9ClO4/c14-8-3-1-7(2-4-8)13(18)12-10(16)5-9(15)6-11(12)17/h1-6,15-17H. The number of hydrogen-bond acceptors (Lipinski definition) is 4. The van der Waals surface area contributed by atoms with Gasteiger partial charge in [-0.15, -0.1) is 0 Å². The maximum absolute atomic E-state index is 12.1. The van der Waals surface area contributed by atoms with Gasteiger partial charge in [-0.25, -0.2) is 0 Å².